The molecule has 0 spiro atoms. The summed E-state index contributed by atoms with van der Waals surface area (Å²) in [4.78, 5) is 42.2. The Kier molecular flexibility index (Phi) is 5.72. The van der Waals surface area contributed by atoms with Gasteiger partial charge in [-0.15, -0.1) is 11.3 Å². The number of thiophene rings is 1. The summed E-state index contributed by atoms with van der Waals surface area (Å²) < 4.78 is 15.0. The number of benzene rings is 1. The molecule has 0 aliphatic carbocycles. The Morgan fingerprint density at radius 2 is 1.94 bits per heavy atom. The van der Waals surface area contributed by atoms with Crippen molar-refractivity contribution in [3.05, 3.63) is 56.5 Å². The van der Waals surface area contributed by atoms with Crippen LogP contribution in [0.1, 0.15) is 62.8 Å². The lowest BCUT2D eigenvalue weighted by atomic mass is 9.87. The number of nitriles is 1. The number of nitrogens with one attached hydrogen (secondary N) is 1. The van der Waals surface area contributed by atoms with Gasteiger partial charge in [-0.1, -0.05) is 6.07 Å². The Balaban J connectivity index is 1.26. The van der Waals surface area contributed by atoms with Crippen molar-refractivity contribution in [2.45, 2.75) is 50.7 Å². The van der Waals surface area contributed by atoms with Crippen LogP contribution in [0.3, 0.4) is 0 Å². The molecular formula is C24H23FN4O3S. The van der Waals surface area contributed by atoms with Gasteiger partial charge in [0, 0.05) is 30.0 Å². The second-order valence-corrected chi connectivity index (χ2v) is 10.0. The quantitative estimate of drug-likeness (QED) is 0.700. The second-order valence-electron chi connectivity index (χ2n) is 8.86. The first-order valence-electron chi connectivity index (χ1n) is 11.1. The fourth-order valence-electron chi connectivity index (χ4n) is 5.07. The van der Waals surface area contributed by atoms with Crippen LogP contribution in [-0.2, 0) is 22.7 Å². The molecule has 1 N–H and O–H groups in total. The number of nitrogens with zero attached hydrogens (tertiary/aromatic N) is 3. The number of hydrogen-bond donors (Lipinski definition) is 1. The molecule has 3 aliphatic heterocycles. The number of imide groups is 1. The summed E-state index contributed by atoms with van der Waals surface area (Å²) >= 11 is 1.51. The van der Waals surface area contributed by atoms with Gasteiger partial charge < -0.3 is 4.90 Å². The topological polar surface area (TPSA) is 93.5 Å². The van der Waals surface area contributed by atoms with E-state index in [1.807, 2.05) is 12.1 Å². The minimum atomic E-state index is -0.698. The van der Waals surface area contributed by atoms with Crippen molar-refractivity contribution >= 4 is 29.1 Å². The molecule has 1 aromatic carbocycles. The summed E-state index contributed by atoms with van der Waals surface area (Å²) in [6.07, 6.45) is 2.12. The molecule has 2 aromatic rings. The molecule has 1 aromatic heterocycles. The molecule has 7 nitrogen and oxygen atoms in total. The third-order valence-electron chi connectivity index (χ3n) is 6.82. The van der Waals surface area contributed by atoms with Crippen LogP contribution in [0, 0.1) is 17.1 Å². The molecule has 1 unspecified atom stereocenters. The Bertz CT molecular complexity index is 1180. The number of rotatable bonds is 4. The number of piperidine rings is 2. The molecule has 2 saturated heterocycles. The molecule has 2 fully saturated rings. The highest BCUT2D eigenvalue weighted by atomic mass is 32.1. The SMILES string of the molecule is N#Cc1ccc(CN2CCC(c3cc4c(cc3F)C(=O)N(C3CCC(=O)NC3=O)C4)CC2)s1. The van der Waals surface area contributed by atoms with E-state index in [4.69, 9.17) is 5.26 Å². The first kappa shape index (κ1) is 21.7. The lowest BCUT2D eigenvalue weighted by Gasteiger charge is -2.32. The highest BCUT2D eigenvalue weighted by Gasteiger charge is 2.40. The zero-order valence-electron chi connectivity index (χ0n) is 18.0. The minimum Gasteiger partial charge on any atom is -0.322 e. The Labute approximate surface area is 194 Å². The third kappa shape index (κ3) is 4.16. The van der Waals surface area contributed by atoms with E-state index in [1.165, 1.54) is 22.3 Å². The first-order chi connectivity index (χ1) is 15.9. The summed E-state index contributed by atoms with van der Waals surface area (Å²) in [5.41, 5.74) is 1.68. The van der Waals surface area contributed by atoms with Crippen LogP contribution in [-0.4, -0.2) is 46.7 Å². The van der Waals surface area contributed by atoms with Crippen LogP contribution >= 0.6 is 11.3 Å². The van der Waals surface area contributed by atoms with Crippen LogP contribution in [0.15, 0.2) is 24.3 Å². The zero-order valence-corrected chi connectivity index (χ0v) is 18.8. The van der Waals surface area contributed by atoms with E-state index in [9.17, 15) is 14.4 Å². The maximum atomic E-state index is 15.0. The smallest absolute Gasteiger partial charge is 0.255 e. The van der Waals surface area contributed by atoms with Gasteiger partial charge in [0.05, 0.1) is 0 Å². The second kappa shape index (κ2) is 8.69. The van der Waals surface area contributed by atoms with Gasteiger partial charge in [-0.3, -0.25) is 24.6 Å². The van der Waals surface area contributed by atoms with Crippen molar-refractivity contribution in [3.8, 4) is 6.07 Å². The van der Waals surface area contributed by atoms with Crippen LogP contribution in [0.2, 0.25) is 0 Å². The third-order valence-corrected chi connectivity index (χ3v) is 7.79. The fourth-order valence-corrected chi connectivity index (χ4v) is 5.91. The van der Waals surface area contributed by atoms with Crippen molar-refractivity contribution in [2.24, 2.45) is 0 Å². The number of fused-ring (bicyclic) bond motifs is 1. The Morgan fingerprint density at radius 3 is 2.64 bits per heavy atom. The van der Waals surface area contributed by atoms with Gasteiger partial charge in [-0.05, 0) is 67.6 Å². The average molecular weight is 467 g/mol. The van der Waals surface area contributed by atoms with Gasteiger partial charge in [0.25, 0.3) is 5.91 Å². The number of carbonyl (C=O) groups is 3. The summed E-state index contributed by atoms with van der Waals surface area (Å²) in [5, 5.41) is 11.3. The molecule has 9 heteroatoms. The van der Waals surface area contributed by atoms with E-state index in [0.29, 0.717) is 16.0 Å². The van der Waals surface area contributed by atoms with Crippen molar-refractivity contribution in [3.63, 3.8) is 0 Å². The molecule has 4 heterocycles. The van der Waals surface area contributed by atoms with E-state index in [-0.39, 0.29) is 42.9 Å². The van der Waals surface area contributed by atoms with Gasteiger partial charge in [0.1, 0.15) is 22.8 Å². The van der Waals surface area contributed by atoms with E-state index < -0.39 is 11.9 Å². The maximum Gasteiger partial charge on any atom is 0.255 e. The van der Waals surface area contributed by atoms with Gasteiger partial charge in [-0.2, -0.15) is 5.26 Å². The molecule has 170 valence electrons. The average Bonchev–Trinajstić information content (AvgIpc) is 3.38. The van der Waals surface area contributed by atoms with Gasteiger partial charge in [0.2, 0.25) is 11.8 Å². The van der Waals surface area contributed by atoms with Crippen LogP contribution in [0.25, 0.3) is 0 Å². The normalized spacial score (nSPS) is 21.8. The number of hydrogen-bond acceptors (Lipinski definition) is 6. The van der Waals surface area contributed by atoms with Gasteiger partial charge in [-0.25, -0.2) is 4.39 Å². The summed E-state index contributed by atoms with van der Waals surface area (Å²) in [7, 11) is 0. The molecule has 5 rings (SSSR count). The molecular weight excluding hydrogens is 443 g/mol. The fraction of sp³-hybridized carbons (Fsp3) is 0.417. The van der Waals surface area contributed by atoms with Crippen molar-refractivity contribution in [2.75, 3.05) is 13.1 Å². The van der Waals surface area contributed by atoms with Gasteiger partial charge in [0.15, 0.2) is 0 Å². The lowest BCUT2D eigenvalue weighted by molar-refractivity contribution is -0.136. The standard InChI is InChI=1S/C24H23FN4O3S/c25-20-10-19-15(12-29(24(19)32)21-3-4-22(30)27-23(21)31)9-18(20)14-5-7-28(8-6-14)13-17-2-1-16(11-26)33-17/h1-2,9-10,14,21H,3-8,12-13H2,(H,27,30,31). The maximum absolute atomic E-state index is 15.0. The van der Waals surface area contributed by atoms with Crippen molar-refractivity contribution < 1.29 is 18.8 Å². The monoisotopic (exact) mass is 466 g/mol. The summed E-state index contributed by atoms with van der Waals surface area (Å²) in [6, 6.07) is 8.41. The molecule has 0 saturated carbocycles. The van der Waals surface area contributed by atoms with Crippen molar-refractivity contribution in [1.29, 1.82) is 5.26 Å². The van der Waals surface area contributed by atoms with E-state index in [0.717, 1.165) is 42.9 Å². The number of likely N-dealkylation sites (tertiary alicyclic amines) is 1. The predicted octanol–water partition coefficient (Wildman–Crippen LogP) is 2.90. The van der Waals surface area contributed by atoms with Crippen molar-refractivity contribution in [1.82, 2.24) is 15.1 Å². The van der Waals surface area contributed by atoms with Gasteiger partial charge >= 0.3 is 0 Å². The van der Waals surface area contributed by atoms with E-state index >= 15 is 4.39 Å². The minimum absolute atomic E-state index is 0.0734. The van der Waals surface area contributed by atoms with Crippen LogP contribution in [0.5, 0.6) is 0 Å². The number of halogens is 1. The molecule has 33 heavy (non-hydrogen) atoms. The van der Waals surface area contributed by atoms with Crippen LogP contribution in [0.4, 0.5) is 4.39 Å². The van der Waals surface area contributed by atoms with E-state index in [1.54, 1.807) is 6.07 Å². The van der Waals surface area contributed by atoms with Crippen LogP contribution < -0.4 is 5.32 Å². The number of carbonyl (C=O) groups excluding carboxylic acids is 3. The molecule has 1 atom stereocenters. The molecule has 0 bridgehead atoms. The molecule has 0 radical (unpaired) electrons. The zero-order chi connectivity index (χ0) is 23.1. The summed E-state index contributed by atoms with van der Waals surface area (Å²) in [6.45, 7) is 2.72. The largest absolute Gasteiger partial charge is 0.322 e. The molecule has 3 amide bonds. The predicted molar refractivity (Wildman–Crippen MR) is 119 cm³/mol. The Morgan fingerprint density at radius 1 is 1.15 bits per heavy atom. The highest BCUT2D eigenvalue weighted by Crippen LogP contribution is 2.36. The highest BCUT2D eigenvalue weighted by molar-refractivity contribution is 7.12. The first-order valence-corrected chi connectivity index (χ1v) is 11.9. The molecule has 3 aliphatic rings. The Hall–Kier alpha value is -3.09. The number of amides is 3. The van der Waals surface area contributed by atoms with E-state index in [2.05, 4.69) is 16.3 Å². The summed E-state index contributed by atoms with van der Waals surface area (Å²) in [5.74, 6) is -1.45. The lowest BCUT2D eigenvalue weighted by Crippen LogP contribution is -2.52.